The number of benzene rings is 2. The smallest absolute Gasteiger partial charge is 0.227 e. The van der Waals surface area contributed by atoms with Crippen LogP contribution >= 0.6 is 11.6 Å². The molecule has 1 fully saturated rings. The van der Waals surface area contributed by atoms with Crippen LogP contribution in [0.4, 0.5) is 11.4 Å². The first-order chi connectivity index (χ1) is 12.2. The second-order valence-corrected chi connectivity index (χ2v) is 6.96. The Bertz CT molecular complexity index is 720. The van der Waals surface area contributed by atoms with Crippen LogP contribution in [0.3, 0.4) is 0 Å². The van der Waals surface area contributed by atoms with E-state index in [1.165, 1.54) is 5.56 Å². The topological polar surface area (TPSA) is 67.2 Å². The van der Waals surface area contributed by atoms with Crippen molar-refractivity contribution in [2.75, 3.05) is 17.2 Å². The Morgan fingerprint density at radius 1 is 1.16 bits per heavy atom. The Hall–Kier alpha value is -2.04. The van der Waals surface area contributed by atoms with Crippen molar-refractivity contribution in [3.05, 3.63) is 59.1 Å². The first-order valence-electron chi connectivity index (χ1n) is 8.75. The van der Waals surface area contributed by atoms with E-state index < -0.39 is 0 Å². The number of anilines is 2. The summed E-state index contributed by atoms with van der Waals surface area (Å²) in [6.07, 6.45) is 3.03. The van der Waals surface area contributed by atoms with Crippen molar-refractivity contribution in [1.29, 1.82) is 0 Å². The zero-order chi connectivity index (χ0) is 17.6. The Kier molecular flexibility index (Phi) is 5.95. The molecule has 0 spiro atoms. The van der Waals surface area contributed by atoms with Crippen molar-refractivity contribution >= 4 is 28.9 Å². The summed E-state index contributed by atoms with van der Waals surface area (Å²) in [6.45, 7) is 1.27. The van der Waals surface area contributed by atoms with Crippen LogP contribution < -0.4 is 16.4 Å². The maximum atomic E-state index is 12.5. The number of nitrogens with two attached hydrogens (primary N) is 1. The lowest BCUT2D eigenvalue weighted by Gasteiger charge is -2.18. The van der Waals surface area contributed by atoms with E-state index in [-0.39, 0.29) is 11.8 Å². The first kappa shape index (κ1) is 17.8. The van der Waals surface area contributed by atoms with Crippen molar-refractivity contribution in [3.63, 3.8) is 0 Å². The lowest BCUT2D eigenvalue weighted by molar-refractivity contribution is -0.120. The maximum Gasteiger partial charge on any atom is 0.227 e. The van der Waals surface area contributed by atoms with E-state index in [0.29, 0.717) is 24.0 Å². The Morgan fingerprint density at radius 2 is 1.96 bits per heavy atom. The second kappa shape index (κ2) is 8.37. The maximum absolute atomic E-state index is 12.5. The Morgan fingerprint density at radius 3 is 2.68 bits per heavy atom. The second-order valence-electron chi connectivity index (χ2n) is 6.56. The van der Waals surface area contributed by atoms with Gasteiger partial charge < -0.3 is 16.4 Å². The first-order valence-corrected chi connectivity index (χ1v) is 9.13. The van der Waals surface area contributed by atoms with Crippen molar-refractivity contribution in [3.8, 4) is 0 Å². The Labute approximate surface area is 153 Å². The third kappa shape index (κ3) is 4.53. The summed E-state index contributed by atoms with van der Waals surface area (Å²) < 4.78 is 0. The predicted octanol–water partition coefficient (Wildman–Crippen LogP) is 4.27. The number of halogens is 1. The highest BCUT2D eigenvalue weighted by atomic mass is 35.5. The van der Waals surface area contributed by atoms with Gasteiger partial charge in [-0.15, -0.1) is 0 Å². The van der Waals surface area contributed by atoms with Gasteiger partial charge in [0.15, 0.2) is 0 Å². The van der Waals surface area contributed by atoms with Crippen LogP contribution in [-0.2, 0) is 11.3 Å². The number of carbonyl (C=O) groups excluding carboxylic acids is 1. The summed E-state index contributed by atoms with van der Waals surface area (Å²) in [5.74, 6) is 0.357. The SMILES string of the molecule is NC[C@H]1CCC[C@H]1C(=O)Nc1ccc(NCc2ccccc2)c(Cl)c1. The highest BCUT2D eigenvalue weighted by Gasteiger charge is 2.31. The van der Waals surface area contributed by atoms with Crippen LogP contribution in [0.2, 0.25) is 5.02 Å². The highest BCUT2D eigenvalue weighted by Crippen LogP contribution is 2.32. The van der Waals surface area contributed by atoms with Crippen molar-refractivity contribution < 1.29 is 4.79 Å². The van der Waals surface area contributed by atoms with Gasteiger partial charge in [-0.05, 0) is 49.1 Å². The van der Waals surface area contributed by atoms with E-state index in [4.69, 9.17) is 17.3 Å². The molecule has 4 N–H and O–H groups in total. The molecule has 1 amide bonds. The van der Waals surface area contributed by atoms with E-state index >= 15 is 0 Å². The molecular formula is C20H24ClN3O. The van der Waals surface area contributed by atoms with Crippen LogP contribution in [0.1, 0.15) is 24.8 Å². The average Bonchev–Trinajstić information content (AvgIpc) is 3.11. The van der Waals surface area contributed by atoms with Crippen molar-refractivity contribution in [2.45, 2.75) is 25.8 Å². The molecule has 0 aliphatic heterocycles. The molecule has 1 aliphatic carbocycles. The molecule has 0 saturated heterocycles. The molecule has 0 unspecified atom stereocenters. The lowest BCUT2D eigenvalue weighted by Crippen LogP contribution is -2.29. The predicted molar refractivity (Wildman–Crippen MR) is 104 cm³/mol. The molecule has 25 heavy (non-hydrogen) atoms. The number of amides is 1. The number of rotatable bonds is 6. The third-order valence-electron chi connectivity index (χ3n) is 4.86. The lowest BCUT2D eigenvalue weighted by atomic mass is 9.95. The monoisotopic (exact) mass is 357 g/mol. The largest absolute Gasteiger partial charge is 0.380 e. The van der Waals surface area contributed by atoms with Gasteiger partial charge in [-0.1, -0.05) is 48.4 Å². The molecular weight excluding hydrogens is 334 g/mol. The van der Waals surface area contributed by atoms with Gasteiger partial charge in [-0.2, -0.15) is 0 Å². The number of hydrogen-bond donors (Lipinski definition) is 3. The number of hydrogen-bond acceptors (Lipinski definition) is 3. The minimum absolute atomic E-state index is 0.0136. The van der Waals surface area contributed by atoms with Crippen LogP contribution in [-0.4, -0.2) is 12.5 Å². The molecule has 2 aromatic rings. The van der Waals surface area contributed by atoms with Gasteiger partial charge in [0.1, 0.15) is 0 Å². The number of carbonyl (C=O) groups is 1. The molecule has 5 heteroatoms. The van der Waals surface area contributed by atoms with E-state index in [1.54, 1.807) is 6.07 Å². The molecule has 2 aromatic carbocycles. The fraction of sp³-hybridized carbons (Fsp3) is 0.350. The van der Waals surface area contributed by atoms with E-state index in [1.807, 2.05) is 30.3 Å². The minimum atomic E-state index is 0.0136. The standard InChI is InChI=1S/C20H24ClN3O/c21-18-11-16(24-20(25)17-8-4-7-15(17)12-22)9-10-19(18)23-13-14-5-2-1-3-6-14/h1-3,5-6,9-11,15,17,23H,4,7-8,12-13,22H2,(H,24,25)/t15-,17-/m1/s1. The van der Waals surface area contributed by atoms with E-state index in [2.05, 4.69) is 22.8 Å². The molecule has 0 radical (unpaired) electrons. The quantitative estimate of drug-likeness (QED) is 0.723. The molecule has 0 aromatic heterocycles. The molecule has 1 aliphatic rings. The van der Waals surface area contributed by atoms with Crippen LogP contribution in [0.15, 0.2) is 48.5 Å². The molecule has 0 heterocycles. The zero-order valence-corrected chi connectivity index (χ0v) is 14.9. The van der Waals surface area contributed by atoms with Crippen molar-refractivity contribution in [1.82, 2.24) is 0 Å². The van der Waals surface area contributed by atoms with Crippen LogP contribution in [0, 0.1) is 11.8 Å². The van der Waals surface area contributed by atoms with E-state index in [0.717, 1.165) is 30.6 Å². The summed E-state index contributed by atoms with van der Waals surface area (Å²) in [4.78, 5) is 12.5. The molecule has 3 rings (SSSR count). The summed E-state index contributed by atoms with van der Waals surface area (Å²) in [6, 6.07) is 15.7. The summed E-state index contributed by atoms with van der Waals surface area (Å²) in [7, 11) is 0. The molecule has 2 atom stereocenters. The van der Waals surface area contributed by atoms with Crippen LogP contribution in [0.25, 0.3) is 0 Å². The van der Waals surface area contributed by atoms with Gasteiger partial charge >= 0.3 is 0 Å². The fourth-order valence-electron chi connectivity index (χ4n) is 3.43. The summed E-state index contributed by atoms with van der Waals surface area (Å²) in [5.41, 5.74) is 8.53. The molecule has 1 saturated carbocycles. The van der Waals surface area contributed by atoms with Crippen LogP contribution in [0.5, 0.6) is 0 Å². The van der Waals surface area contributed by atoms with Gasteiger partial charge in [0, 0.05) is 18.2 Å². The van der Waals surface area contributed by atoms with Gasteiger partial charge in [0.2, 0.25) is 5.91 Å². The number of nitrogens with one attached hydrogen (secondary N) is 2. The molecule has 132 valence electrons. The third-order valence-corrected chi connectivity index (χ3v) is 5.17. The Balaban J connectivity index is 1.60. The van der Waals surface area contributed by atoms with E-state index in [9.17, 15) is 4.79 Å². The summed E-state index contributed by atoms with van der Waals surface area (Å²) in [5, 5.41) is 6.90. The van der Waals surface area contributed by atoms with Gasteiger partial charge in [0.05, 0.1) is 10.7 Å². The average molecular weight is 358 g/mol. The fourth-order valence-corrected chi connectivity index (χ4v) is 3.68. The minimum Gasteiger partial charge on any atom is -0.380 e. The molecule has 4 nitrogen and oxygen atoms in total. The summed E-state index contributed by atoms with van der Waals surface area (Å²) >= 11 is 6.36. The van der Waals surface area contributed by atoms with Gasteiger partial charge in [0.25, 0.3) is 0 Å². The normalized spacial score (nSPS) is 19.6. The highest BCUT2D eigenvalue weighted by molar-refractivity contribution is 6.33. The zero-order valence-electron chi connectivity index (χ0n) is 14.2. The van der Waals surface area contributed by atoms with Crippen molar-refractivity contribution in [2.24, 2.45) is 17.6 Å². The van der Waals surface area contributed by atoms with Gasteiger partial charge in [-0.3, -0.25) is 4.79 Å². The molecule has 0 bridgehead atoms. The van der Waals surface area contributed by atoms with Gasteiger partial charge in [-0.25, -0.2) is 0 Å².